The fourth-order valence-corrected chi connectivity index (χ4v) is 1.51. The number of carbonyl (C=O) groups excluding carboxylic acids is 1. The van der Waals surface area contributed by atoms with Gasteiger partial charge in [-0.2, -0.15) is 18.3 Å². The molecule has 0 aliphatic carbocycles. The van der Waals surface area contributed by atoms with Gasteiger partial charge in [0, 0.05) is 11.8 Å². The summed E-state index contributed by atoms with van der Waals surface area (Å²) in [4.78, 5) is 11.5. The number of aromatic amines is 1. The van der Waals surface area contributed by atoms with Crippen LogP contribution >= 0.6 is 0 Å². The van der Waals surface area contributed by atoms with Crippen LogP contribution in [0.2, 0.25) is 0 Å². The monoisotopic (exact) mass is 270 g/mol. The first-order chi connectivity index (χ1) is 8.98. The van der Waals surface area contributed by atoms with Gasteiger partial charge in [-0.3, -0.25) is 5.10 Å². The standard InChI is InChI=1S/C12H9F3N2O2/c13-12(14,15)9-4-2-1-3-8(9)7-19-11(18)10-5-6-16-17-10/h1-6H,7H2,(H,16,17). The molecule has 0 radical (unpaired) electrons. The molecule has 100 valence electrons. The number of aromatic nitrogens is 2. The zero-order valence-electron chi connectivity index (χ0n) is 9.57. The molecule has 1 N–H and O–H groups in total. The molecule has 0 aliphatic rings. The summed E-state index contributed by atoms with van der Waals surface area (Å²) in [6, 6.07) is 6.32. The summed E-state index contributed by atoms with van der Waals surface area (Å²) in [5, 5.41) is 5.92. The Balaban J connectivity index is 2.10. The van der Waals surface area contributed by atoms with Crippen molar-refractivity contribution in [1.82, 2.24) is 10.2 Å². The summed E-state index contributed by atoms with van der Waals surface area (Å²) >= 11 is 0. The summed E-state index contributed by atoms with van der Waals surface area (Å²) < 4.78 is 42.9. The van der Waals surface area contributed by atoms with Gasteiger partial charge in [0.25, 0.3) is 0 Å². The van der Waals surface area contributed by atoms with E-state index >= 15 is 0 Å². The van der Waals surface area contributed by atoms with E-state index in [0.717, 1.165) is 6.07 Å². The lowest BCUT2D eigenvalue weighted by Gasteiger charge is -2.12. The summed E-state index contributed by atoms with van der Waals surface area (Å²) in [5.41, 5.74) is -0.820. The Kier molecular flexibility index (Phi) is 3.55. The van der Waals surface area contributed by atoms with E-state index in [-0.39, 0.29) is 11.3 Å². The highest BCUT2D eigenvalue weighted by molar-refractivity contribution is 5.86. The van der Waals surface area contributed by atoms with Crippen LogP contribution in [0.3, 0.4) is 0 Å². The van der Waals surface area contributed by atoms with Crippen molar-refractivity contribution in [1.29, 1.82) is 0 Å². The van der Waals surface area contributed by atoms with Gasteiger partial charge in [-0.15, -0.1) is 0 Å². The van der Waals surface area contributed by atoms with E-state index < -0.39 is 24.3 Å². The number of esters is 1. The third kappa shape index (κ3) is 3.12. The van der Waals surface area contributed by atoms with Crippen molar-refractivity contribution in [3.05, 3.63) is 53.3 Å². The molecule has 0 spiro atoms. The maximum absolute atomic E-state index is 12.7. The molecule has 0 bridgehead atoms. The largest absolute Gasteiger partial charge is 0.456 e. The van der Waals surface area contributed by atoms with E-state index in [1.165, 1.54) is 30.5 Å². The topological polar surface area (TPSA) is 55.0 Å². The first-order valence-electron chi connectivity index (χ1n) is 5.30. The molecular weight excluding hydrogens is 261 g/mol. The van der Waals surface area contributed by atoms with Crippen molar-refractivity contribution in [2.75, 3.05) is 0 Å². The Morgan fingerprint density at radius 2 is 2.00 bits per heavy atom. The Morgan fingerprint density at radius 1 is 1.26 bits per heavy atom. The van der Waals surface area contributed by atoms with Crippen molar-refractivity contribution in [2.24, 2.45) is 0 Å². The van der Waals surface area contributed by atoms with E-state index in [4.69, 9.17) is 4.74 Å². The molecule has 19 heavy (non-hydrogen) atoms. The summed E-state index contributed by atoms with van der Waals surface area (Å²) in [7, 11) is 0. The second-order valence-electron chi connectivity index (χ2n) is 3.70. The maximum atomic E-state index is 12.7. The average Bonchev–Trinajstić information content (AvgIpc) is 2.89. The fraction of sp³-hybridized carbons (Fsp3) is 0.167. The predicted molar refractivity (Wildman–Crippen MR) is 59.2 cm³/mol. The number of halogens is 3. The molecule has 2 aromatic rings. The third-order valence-electron chi connectivity index (χ3n) is 2.40. The Hall–Kier alpha value is -2.31. The molecule has 0 amide bonds. The Morgan fingerprint density at radius 3 is 2.63 bits per heavy atom. The first kappa shape index (κ1) is 13.1. The number of ether oxygens (including phenoxy) is 1. The van der Waals surface area contributed by atoms with E-state index in [1.807, 2.05) is 0 Å². The maximum Gasteiger partial charge on any atom is 0.416 e. The van der Waals surface area contributed by atoms with Crippen LogP contribution in [-0.4, -0.2) is 16.2 Å². The molecule has 0 saturated heterocycles. The Labute approximate surface area is 106 Å². The third-order valence-corrected chi connectivity index (χ3v) is 2.40. The van der Waals surface area contributed by atoms with Crippen molar-refractivity contribution in [3.63, 3.8) is 0 Å². The number of benzene rings is 1. The fourth-order valence-electron chi connectivity index (χ4n) is 1.51. The molecule has 1 aromatic heterocycles. The SMILES string of the molecule is O=C(OCc1ccccc1C(F)(F)F)c1ccn[nH]1. The van der Waals surface area contributed by atoms with Crippen LogP contribution in [0, 0.1) is 0 Å². The lowest BCUT2D eigenvalue weighted by molar-refractivity contribution is -0.138. The van der Waals surface area contributed by atoms with Crippen LogP contribution in [-0.2, 0) is 17.5 Å². The van der Waals surface area contributed by atoms with Crippen LogP contribution in [0.5, 0.6) is 0 Å². The highest BCUT2D eigenvalue weighted by atomic mass is 19.4. The highest BCUT2D eigenvalue weighted by Crippen LogP contribution is 2.32. The van der Waals surface area contributed by atoms with Crippen LogP contribution in [0.25, 0.3) is 0 Å². The molecular formula is C12H9F3N2O2. The molecule has 0 unspecified atom stereocenters. The quantitative estimate of drug-likeness (QED) is 0.872. The lowest BCUT2D eigenvalue weighted by atomic mass is 10.1. The van der Waals surface area contributed by atoms with Gasteiger partial charge in [0.2, 0.25) is 0 Å². The number of hydrogen-bond donors (Lipinski definition) is 1. The predicted octanol–water partition coefficient (Wildman–Crippen LogP) is 2.79. The van der Waals surface area contributed by atoms with Gasteiger partial charge in [-0.1, -0.05) is 18.2 Å². The molecule has 1 aromatic carbocycles. The summed E-state index contributed by atoms with van der Waals surface area (Å²) in [5.74, 6) is -0.755. The number of nitrogens with zero attached hydrogens (tertiary/aromatic N) is 1. The van der Waals surface area contributed by atoms with E-state index in [2.05, 4.69) is 10.2 Å². The normalized spacial score (nSPS) is 11.3. The number of H-pyrrole nitrogens is 1. The molecule has 0 atom stereocenters. The molecule has 0 aliphatic heterocycles. The molecule has 0 fully saturated rings. The molecule has 1 heterocycles. The average molecular weight is 270 g/mol. The second kappa shape index (κ2) is 5.13. The molecule has 4 nitrogen and oxygen atoms in total. The van der Waals surface area contributed by atoms with Gasteiger partial charge in [-0.05, 0) is 12.1 Å². The van der Waals surface area contributed by atoms with Crippen molar-refractivity contribution in [2.45, 2.75) is 12.8 Å². The molecule has 7 heteroatoms. The van der Waals surface area contributed by atoms with E-state index in [9.17, 15) is 18.0 Å². The lowest BCUT2D eigenvalue weighted by Crippen LogP contribution is -2.12. The number of rotatable bonds is 3. The van der Waals surface area contributed by atoms with Gasteiger partial charge < -0.3 is 4.74 Å². The van der Waals surface area contributed by atoms with E-state index in [0.29, 0.717) is 0 Å². The van der Waals surface area contributed by atoms with Gasteiger partial charge in [-0.25, -0.2) is 4.79 Å². The van der Waals surface area contributed by atoms with Crippen molar-refractivity contribution in [3.8, 4) is 0 Å². The van der Waals surface area contributed by atoms with Gasteiger partial charge in [0.15, 0.2) is 0 Å². The van der Waals surface area contributed by atoms with Crippen molar-refractivity contribution >= 4 is 5.97 Å². The minimum Gasteiger partial charge on any atom is -0.456 e. The Bertz CT molecular complexity index is 565. The van der Waals surface area contributed by atoms with Crippen molar-refractivity contribution < 1.29 is 22.7 Å². The molecule has 0 saturated carbocycles. The van der Waals surface area contributed by atoms with Crippen LogP contribution in [0.1, 0.15) is 21.6 Å². The number of nitrogens with one attached hydrogen (secondary N) is 1. The summed E-state index contributed by atoms with van der Waals surface area (Å²) in [6.45, 7) is -0.451. The smallest absolute Gasteiger partial charge is 0.416 e. The van der Waals surface area contributed by atoms with Gasteiger partial charge in [0.1, 0.15) is 12.3 Å². The number of hydrogen-bond acceptors (Lipinski definition) is 3. The van der Waals surface area contributed by atoms with Gasteiger partial charge in [0.05, 0.1) is 5.56 Å². The zero-order chi connectivity index (χ0) is 13.9. The molecule has 2 rings (SSSR count). The van der Waals surface area contributed by atoms with Crippen LogP contribution in [0.4, 0.5) is 13.2 Å². The van der Waals surface area contributed by atoms with Crippen LogP contribution in [0.15, 0.2) is 36.5 Å². The summed E-state index contributed by atoms with van der Waals surface area (Å²) in [6.07, 6.45) is -3.13. The van der Waals surface area contributed by atoms with E-state index in [1.54, 1.807) is 0 Å². The minimum atomic E-state index is -4.48. The highest BCUT2D eigenvalue weighted by Gasteiger charge is 2.33. The number of carbonyl (C=O) groups is 1. The number of alkyl halides is 3. The minimum absolute atomic E-state index is 0.0875. The van der Waals surface area contributed by atoms with Crippen LogP contribution < -0.4 is 0 Å². The van der Waals surface area contributed by atoms with Gasteiger partial charge >= 0.3 is 12.1 Å². The zero-order valence-corrected chi connectivity index (χ0v) is 9.57. The first-order valence-corrected chi connectivity index (χ1v) is 5.30. The second-order valence-corrected chi connectivity index (χ2v) is 3.70.